The zero-order valence-electron chi connectivity index (χ0n) is 6.14. The second kappa shape index (κ2) is 4.54. The van der Waals surface area contributed by atoms with Gasteiger partial charge >= 0.3 is 6.18 Å². The number of halogens is 3. The Morgan fingerprint density at radius 2 is 1.42 bits per heavy atom. The summed E-state index contributed by atoms with van der Waals surface area (Å²) in [7, 11) is 0. The van der Waals surface area contributed by atoms with Gasteiger partial charge in [0.15, 0.2) is 0 Å². The molecule has 0 saturated carbocycles. The Morgan fingerprint density at radius 1 is 1.00 bits per heavy atom. The summed E-state index contributed by atoms with van der Waals surface area (Å²) in [5, 5.41) is 0. The van der Waals surface area contributed by atoms with Gasteiger partial charge in [0.2, 0.25) is 0 Å². The van der Waals surface area contributed by atoms with Crippen LogP contribution in [0.3, 0.4) is 0 Å². The molecule has 0 fully saturated rings. The summed E-state index contributed by atoms with van der Waals surface area (Å²) in [4.78, 5) is 8.00. The highest BCUT2D eigenvalue weighted by atomic mass is 19.4. The molecule has 1 nitrogen and oxygen atoms in total. The molecule has 1 rings (SSSR count). The number of hydrogen-bond donors (Lipinski definition) is 0. The van der Waals surface area contributed by atoms with Crippen LogP contribution in [-0.4, -0.2) is 6.79 Å². The number of benzene rings is 1. The lowest BCUT2D eigenvalue weighted by atomic mass is 10.2. The van der Waals surface area contributed by atoms with Gasteiger partial charge in [-0.1, -0.05) is 30.3 Å². The molecule has 0 bridgehead atoms. The molecular weight excluding hydrogens is 169 g/mol. The average molecular weight is 176 g/mol. The minimum absolute atomic E-state index is 0.602. The van der Waals surface area contributed by atoms with E-state index in [9.17, 15) is 13.2 Å². The van der Waals surface area contributed by atoms with E-state index in [2.05, 4.69) is 0 Å². The minimum atomic E-state index is -4.21. The molecule has 1 aromatic carbocycles. The molecule has 12 heavy (non-hydrogen) atoms. The number of carbonyl (C=O) groups excluding carboxylic acids is 1. The number of rotatable bonds is 0. The fourth-order valence-electron chi connectivity index (χ4n) is 0.627. The van der Waals surface area contributed by atoms with Gasteiger partial charge in [0.1, 0.15) is 6.79 Å². The zero-order chi connectivity index (χ0) is 9.61. The molecule has 0 unspecified atom stereocenters. The third-order valence-corrected chi connectivity index (χ3v) is 1.10. The third-order valence-electron chi connectivity index (χ3n) is 1.10. The van der Waals surface area contributed by atoms with Crippen molar-refractivity contribution in [2.45, 2.75) is 6.18 Å². The normalized spacial score (nSPS) is 9.92. The van der Waals surface area contributed by atoms with E-state index in [4.69, 9.17) is 4.79 Å². The van der Waals surface area contributed by atoms with Crippen LogP contribution in [-0.2, 0) is 11.0 Å². The molecule has 4 heteroatoms. The van der Waals surface area contributed by atoms with Crippen LogP contribution in [0.5, 0.6) is 0 Å². The fraction of sp³-hybridized carbons (Fsp3) is 0.125. The molecule has 0 aliphatic rings. The second-order valence-corrected chi connectivity index (χ2v) is 1.86. The van der Waals surface area contributed by atoms with Crippen LogP contribution in [0.4, 0.5) is 13.2 Å². The summed E-state index contributed by atoms with van der Waals surface area (Å²) < 4.78 is 35.4. The number of hydrogen-bond acceptors (Lipinski definition) is 1. The van der Waals surface area contributed by atoms with Gasteiger partial charge in [-0.15, -0.1) is 0 Å². The van der Waals surface area contributed by atoms with Crippen molar-refractivity contribution >= 4 is 6.79 Å². The van der Waals surface area contributed by atoms with E-state index in [1.807, 2.05) is 6.79 Å². The molecule has 0 aliphatic carbocycles. The van der Waals surface area contributed by atoms with Crippen molar-refractivity contribution in [3.63, 3.8) is 0 Å². The van der Waals surface area contributed by atoms with E-state index in [-0.39, 0.29) is 0 Å². The second-order valence-electron chi connectivity index (χ2n) is 1.86. The van der Waals surface area contributed by atoms with Gasteiger partial charge < -0.3 is 4.79 Å². The van der Waals surface area contributed by atoms with Gasteiger partial charge in [-0.05, 0) is 0 Å². The van der Waals surface area contributed by atoms with Crippen LogP contribution in [0.2, 0.25) is 0 Å². The maximum absolute atomic E-state index is 11.8. The summed E-state index contributed by atoms with van der Waals surface area (Å²) in [6, 6.07) is 6.36. The first-order valence-electron chi connectivity index (χ1n) is 3.02. The van der Waals surface area contributed by atoms with E-state index in [1.54, 1.807) is 6.07 Å². The van der Waals surface area contributed by atoms with Crippen molar-refractivity contribution in [3.8, 4) is 0 Å². The Bertz CT molecular complexity index is 217. The first-order valence-corrected chi connectivity index (χ1v) is 3.02. The summed E-state index contributed by atoms with van der Waals surface area (Å²) in [6.07, 6.45) is -4.21. The maximum Gasteiger partial charge on any atom is 0.416 e. The molecule has 66 valence electrons. The van der Waals surface area contributed by atoms with Crippen LogP contribution >= 0.6 is 0 Å². The van der Waals surface area contributed by atoms with Crippen molar-refractivity contribution in [2.75, 3.05) is 0 Å². The standard InChI is InChI=1S/C7H5F3.CH2O/c8-7(9,10)6-4-2-1-3-5-6;1-2/h1-5H;1H2. The molecule has 0 aromatic heterocycles. The van der Waals surface area contributed by atoms with Gasteiger partial charge in [-0.25, -0.2) is 0 Å². The Morgan fingerprint density at radius 3 is 1.67 bits per heavy atom. The zero-order valence-corrected chi connectivity index (χ0v) is 6.14. The molecule has 1 aromatic rings. The monoisotopic (exact) mass is 176 g/mol. The fourth-order valence-corrected chi connectivity index (χ4v) is 0.627. The highest BCUT2D eigenvalue weighted by Gasteiger charge is 2.29. The van der Waals surface area contributed by atoms with E-state index in [0.717, 1.165) is 12.1 Å². The molecule has 0 heterocycles. The lowest BCUT2D eigenvalue weighted by Crippen LogP contribution is -2.03. The van der Waals surface area contributed by atoms with Crippen LogP contribution < -0.4 is 0 Å². The predicted molar refractivity (Wildman–Crippen MR) is 38.6 cm³/mol. The Hall–Kier alpha value is -1.32. The van der Waals surface area contributed by atoms with Crippen molar-refractivity contribution in [3.05, 3.63) is 35.9 Å². The van der Waals surface area contributed by atoms with E-state index in [0.29, 0.717) is 0 Å². The van der Waals surface area contributed by atoms with Crippen LogP contribution in [0, 0.1) is 0 Å². The average Bonchev–Trinajstić information content (AvgIpc) is 2.08. The summed E-state index contributed by atoms with van der Waals surface area (Å²) in [5.41, 5.74) is -0.602. The topological polar surface area (TPSA) is 17.1 Å². The maximum atomic E-state index is 11.8. The highest BCUT2D eigenvalue weighted by Crippen LogP contribution is 2.28. The predicted octanol–water partition coefficient (Wildman–Crippen LogP) is 2.52. The first kappa shape index (κ1) is 10.7. The molecule has 0 saturated heterocycles. The van der Waals surface area contributed by atoms with E-state index in [1.165, 1.54) is 12.1 Å². The highest BCUT2D eigenvalue weighted by molar-refractivity contribution is 5.17. The molecule has 0 aliphatic heterocycles. The quantitative estimate of drug-likeness (QED) is 0.593. The number of alkyl halides is 3. The Kier molecular flexibility index (Phi) is 4.04. The SMILES string of the molecule is C=O.FC(F)(F)c1ccccc1. The molecular formula is C8H7F3O. The van der Waals surface area contributed by atoms with Gasteiger partial charge in [0.25, 0.3) is 0 Å². The summed E-state index contributed by atoms with van der Waals surface area (Å²) in [6.45, 7) is 2.00. The molecule has 0 atom stereocenters. The van der Waals surface area contributed by atoms with Crippen molar-refractivity contribution < 1.29 is 18.0 Å². The van der Waals surface area contributed by atoms with Crippen molar-refractivity contribution in [1.82, 2.24) is 0 Å². The largest absolute Gasteiger partial charge is 0.416 e. The van der Waals surface area contributed by atoms with Gasteiger partial charge in [0.05, 0.1) is 5.56 Å². The minimum Gasteiger partial charge on any atom is -0.307 e. The van der Waals surface area contributed by atoms with Gasteiger partial charge in [-0.3, -0.25) is 0 Å². The smallest absolute Gasteiger partial charge is 0.307 e. The van der Waals surface area contributed by atoms with Gasteiger partial charge in [-0.2, -0.15) is 13.2 Å². The van der Waals surface area contributed by atoms with E-state index < -0.39 is 11.7 Å². The molecule has 0 spiro atoms. The van der Waals surface area contributed by atoms with Crippen molar-refractivity contribution in [1.29, 1.82) is 0 Å². The summed E-state index contributed by atoms with van der Waals surface area (Å²) in [5.74, 6) is 0. The van der Waals surface area contributed by atoms with Crippen molar-refractivity contribution in [2.24, 2.45) is 0 Å². The molecule has 0 amide bonds. The van der Waals surface area contributed by atoms with Crippen LogP contribution in [0.1, 0.15) is 5.56 Å². The lowest BCUT2D eigenvalue weighted by Gasteiger charge is -2.03. The van der Waals surface area contributed by atoms with Crippen LogP contribution in [0.25, 0.3) is 0 Å². The molecule has 0 N–H and O–H groups in total. The van der Waals surface area contributed by atoms with Crippen LogP contribution in [0.15, 0.2) is 30.3 Å². The first-order chi connectivity index (χ1) is 5.61. The number of carbonyl (C=O) groups is 1. The Labute approximate surface area is 67.8 Å². The lowest BCUT2D eigenvalue weighted by molar-refractivity contribution is -0.137. The third kappa shape index (κ3) is 3.18. The summed E-state index contributed by atoms with van der Waals surface area (Å²) >= 11 is 0. The Balaban J connectivity index is 0.000000561. The molecule has 0 radical (unpaired) electrons. The van der Waals surface area contributed by atoms with E-state index >= 15 is 0 Å². The van der Waals surface area contributed by atoms with Gasteiger partial charge in [0, 0.05) is 0 Å².